The molecule has 0 aliphatic heterocycles. The zero-order valence-corrected chi connectivity index (χ0v) is 13.5. The molecule has 0 aliphatic carbocycles. The molecule has 26 heavy (non-hydrogen) atoms. The average molecular weight is 370 g/mol. The van der Waals surface area contributed by atoms with Crippen LogP contribution in [0.15, 0.2) is 48.5 Å². The molecule has 0 unspecified atom stereocenters. The van der Waals surface area contributed by atoms with Gasteiger partial charge in [0.1, 0.15) is 5.75 Å². The van der Waals surface area contributed by atoms with Crippen LogP contribution < -0.4 is 14.2 Å². The normalized spacial score (nSPS) is 11.2. The summed E-state index contributed by atoms with van der Waals surface area (Å²) in [5.41, 5.74) is 0.428. The van der Waals surface area contributed by atoms with Crippen LogP contribution in [0.3, 0.4) is 0 Å². The molecular weight excluding hydrogens is 356 g/mol. The molecular formula is C18H14F4O4. The molecule has 0 atom stereocenters. The van der Waals surface area contributed by atoms with Gasteiger partial charge in [-0.25, -0.2) is 0 Å². The lowest BCUT2D eigenvalue weighted by atomic mass is 10.1. The van der Waals surface area contributed by atoms with E-state index in [9.17, 15) is 22.4 Å². The maximum atomic E-state index is 12.6. The molecule has 2 aromatic rings. The van der Waals surface area contributed by atoms with Gasteiger partial charge >= 0.3 is 13.2 Å². The van der Waals surface area contributed by atoms with Crippen LogP contribution in [-0.4, -0.2) is 26.1 Å². The largest absolute Gasteiger partial charge is 0.493 e. The SMILES string of the molecule is COc1cccc(/C=C/C(=O)c2ccc(OC(F)F)cc2)c1OC(F)F. The number of halogens is 4. The Hall–Kier alpha value is -3.03. The fourth-order valence-electron chi connectivity index (χ4n) is 2.10. The third-order valence-corrected chi connectivity index (χ3v) is 3.21. The van der Waals surface area contributed by atoms with E-state index in [1.807, 2.05) is 0 Å². The summed E-state index contributed by atoms with van der Waals surface area (Å²) in [5.74, 6) is -0.650. The molecule has 138 valence electrons. The Kier molecular flexibility index (Phi) is 6.60. The van der Waals surface area contributed by atoms with Gasteiger partial charge in [0, 0.05) is 11.1 Å². The van der Waals surface area contributed by atoms with E-state index in [0.717, 1.165) is 6.08 Å². The van der Waals surface area contributed by atoms with Crippen molar-refractivity contribution in [3.8, 4) is 17.2 Å². The molecule has 2 rings (SSSR count). The molecule has 0 spiro atoms. The second-order valence-electron chi connectivity index (χ2n) is 4.86. The van der Waals surface area contributed by atoms with Gasteiger partial charge in [-0.2, -0.15) is 17.6 Å². The Morgan fingerprint density at radius 3 is 2.19 bits per heavy atom. The van der Waals surface area contributed by atoms with Crippen molar-refractivity contribution in [2.24, 2.45) is 0 Å². The van der Waals surface area contributed by atoms with Crippen LogP contribution in [0, 0.1) is 0 Å². The third kappa shape index (κ3) is 5.23. The lowest BCUT2D eigenvalue weighted by Gasteiger charge is -2.12. The number of methoxy groups -OCH3 is 1. The molecule has 0 heterocycles. The predicted molar refractivity (Wildman–Crippen MR) is 86.1 cm³/mol. The minimum atomic E-state index is -3.06. The second kappa shape index (κ2) is 8.89. The van der Waals surface area contributed by atoms with Crippen LogP contribution in [0.25, 0.3) is 6.08 Å². The van der Waals surface area contributed by atoms with E-state index in [2.05, 4.69) is 9.47 Å². The molecule has 2 aromatic carbocycles. The Balaban J connectivity index is 2.19. The van der Waals surface area contributed by atoms with Crippen molar-refractivity contribution >= 4 is 11.9 Å². The Morgan fingerprint density at radius 2 is 1.62 bits per heavy atom. The van der Waals surface area contributed by atoms with E-state index >= 15 is 0 Å². The van der Waals surface area contributed by atoms with Gasteiger partial charge in [-0.3, -0.25) is 4.79 Å². The molecule has 0 radical (unpaired) electrons. The first-order chi connectivity index (χ1) is 12.4. The van der Waals surface area contributed by atoms with E-state index in [0.29, 0.717) is 0 Å². The summed E-state index contributed by atoms with van der Waals surface area (Å²) < 4.78 is 63.0. The van der Waals surface area contributed by atoms with Crippen molar-refractivity contribution in [3.63, 3.8) is 0 Å². The summed E-state index contributed by atoms with van der Waals surface area (Å²) >= 11 is 0. The lowest BCUT2D eigenvalue weighted by Crippen LogP contribution is -2.05. The second-order valence-corrected chi connectivity index (χ2v) is 4.86. The van der Waals surface area contributed by atoms with E-state index in [1.54, 1.807) is 6.07 Å². The smallest absolute Gasteiger partial charge is 0.387 e. The minimum absolute atomic E-state index is 0.0825. The number of hydrogen-bond donors (Lipinski definition) is 0. The number of para-hydroxylation sites is 1. The Bertz CT molecular complexity index is 773. The third-order valence-electron chi connectivity index (χ3n) is 3.21. The standard InChI is InChI=1S/C18H14F4O4/c1-24-15-4-2-3-12(16(15)26-18(21)22)7-10-14(23)11-5-8-13(9-6-11)25-17(19)20/h2-10,17-18H,1H3/b10-7+. The number of carbonyl (C=O) groups excluding carboxylic acids is 1. The van der Waals surface area contributed by atoms with Gasteiger partial charge in [-0.1, -0.05) is 12.1 Å². The molecule has 0 fully saturated rings. The maximum absolute atomic E-state index is 12.6. The highest BCUT2D eigenvalue weighted by Crippen LogP contribution is 2.33. The quantitative estimate of drug-likeness (QED) is 0.381. The first-order valence-corrected chi connectivity index (χ1v) is 7.30. The minimum Gasteiger partial charge on any atom is -0.493 e. The molecule has 0 aromatic heterocycles. The van der Waals surface area contributed by atoms with E-state index in [4.69, 9.17) is 4.74 Å². The van der Waals surface area contributed by atoms with Crippen LogP contribution in [0.4, 0.5) is 17.6 Å². The van der Waals surface area contributed by atoms with Crippen LogP contribution in [0.2, 0.25) is 0 Å². The van der Waals surface area contributed by atoms with Gasteiger partial charge in [0.05, 0.1) is 7.11 Å². The Labute approximate surface area is 146 Å². The number of allylic oxidation sites excluding steroid dienone is 1. The van der Waals surface area contributed by atoms with Crippen LogP contribution >= 0.6 is 0 Å². The zero-order valence-electron chi connectivity index (χ0n) is 13.5. The van der Waals surface area contributed by atoms with Gasteiger partial charge in [0.15, 0.2) is 17.3 Å². The van der Waals surface area contributed by atoms with Crippen LogP contribution in [0.1, 0.15) is 15.9 Å². The summed E-state index contributed by atoms with van der Waals surface area (Å²) in [7, 11) is 1.30. The fourth-order valence-corrected chi connectivity index (χ4v) is 2.10. The molecule has 0 saturated carbocycles. The summed E-state index contributed by atoms with van der Waals surface area (Å²) in [5, 5.41) is 0. The number of alkyl halides is 4. The summed E-state index contributed by atoms with van der Waals surface area (Å²) in [6, 6.07) is 9.55. The first-order valence-electron chi connectivity index (χ1n) is 7.30. The number of carbonyl (C=O) groups is 1. The monoisotopic (exact) mass is 370 g/mol. The molecule has 8 heteroatoms. The number of benzene rings is 2. The molecule has 0 N–H and O–H groups in total. The average Bonchev–Trinajstić information content (AvgIpc) is 2.60. The van der Waals surface area contributed by atoms with Gasteiger partial charge < -0.3 is 14.2 Å². The van der Waals surface area contributed by atoms with Gasteiger partial charge in [0.2, 0.25) is 0 Å². The van der Waals surface area contributed by atoms with Crippen molar-refractivity contribution in [1.82, 2.24) is 0 Å². The lowest BCUT2D eigenvalue weighted by molar-refractivity contribution is -0.0516. The van der Waals surface area contributed by atoms with Crippen LogP contribution in [0.5, 0.6) is 17.2 Å². The van der Waals surface area contributed by atoms with Gasteiger partial charge in [0.25, 0.3) is 0 Å². The zero-order chi connectivity index (χ0) is 19.1. The van der Waals surface area contributed by atoms with Gasteiger partial charge in [-0.15, -0.1) is 0 Å². The van der Waals surface area contributed by atoms with Crippen molar-refractivity contribution in [2.45, 2.75) is 13.2 Å². The number of ether oxygens (including phenoxy) is 3. The first kappa shape index (κ1) is 19.3. The topological polar surface area (TPSA) is 44.8 Å². The van der Waals surface area contributed by atoms with Crippen LogP contribution in [-0.2, 0) is 0 Å². The summed E-state index contributed by atoms with van der Waals surface area (Å²) in [4.78, 5) is 12.1. The molecule has 0 amide bonds. The molecule has 4 nitrogen and oxygen atoms in total. The van der Waals surface area contributed by atoms with E-state index in [-0.39, 0.29) is 28.4 Å². The summed E-state index contributed by atoms with van der Waals surface area (Å²) in [6.07, 6.45) is 2.45. The van der Waals surface area contributed by atoms with Gasteiger partial charge in [-0.05, 0) is 42.5 Å². The van der Waals surface area contributed by atoms with E-state index < -0.39 is 19.0 Å². The van der Waals surface area contributed by atoms with Crippen molar-refractivity contribution < 1.29 is 36.6 Å². The fraction of sp³-hybridized carbons (Fsp3) is 0.167. The van der Waals surface area contributed by atoms with Crippen molar-refractivity contribution in [2.75, 3.05) is 7.11 Å². The van der Waals surface area contributed by atoms with Crippen molar-refractivity contribution in [1.29, 1.82) is 0 Å². The number of hydrogen-bond acceptors (Lipinski definition) is 4. The predicted octanol–water partition coefficient (Wildman–Crippen LogP) is 4.79. The number of ketones is 1. The highest BCUT2D eigenvalue weighted by atomic mass is 19.3. The number of rotatable bonds is 8. The molecule has 0 aliphatic rings. The summed E-state index contributed by atoms with van der Waals surface area (Å²) in [6.45, 7) is -6.02. The van der Waals surface area contributed by atoms with Crippen molar-refractivity contribution in [3.05, 3.63) is 59.7 Å². The molecule has 0 bridgehead atoms. The van der Waals surface area contributed by atoms with E-state index in [1.165, 1.54) is 49.6 Å². The maximum Gasteiger partial charge on any atom is 0.387 e. The Morgan fingerprint density at radius 1 is 0.962 bits per heavy atom. The highest BCUT2D eigenvalue weighted by Gasteiger charge is 2.14. The molecule has 0 saturated heterocycles. The highest BCUT2D eigenvalue weighted by molar-refractivity contribution is 6.07.